The van der Waals surface area contributed by atoms with Crippen molar-refractivity contribution in [2.24, 2.45) is 0 Å². The van der Waals surface area contributed by atoms with Gasteiger partial charge in [-0.05, 0) is 118 Å². The third kappa shape index (κ3) is 8.44. The Labute approximate surface area is 278 Å². The third-order valence-corrected chi connectivity index (χ3v) is 10.7. The summed E-state index contributed by atoms with van der Waals surface area (Å²) in [7, 11) is 0. The average molecular weight is 611 g/mol. The Morgan fingerprint density at radius 3 is 1.22 bits per heavy atom. The lowest BCUT2D eigenvalue weighted by molar-refractivity contribution is 0.451. The second kappa shape index (κ2) is 18.0. The van der Waals surface area contributed by atoms with Crippen LogP contribution in [0.2, 0.25) is 0 Å². The molecule has 0 bridgehead atoms. The molecule has 0 saturated carbocycles. The Hall–Kier alpha value is -2.54. The van der Waals surface area contributed by atoms with E-state index in [4.69, 9.17) is 0 Å². The van der Waals surface area contributed by atoms with E-state index in [9.17, 15) is 5.11 Å². The molecule has 0 radical (unpaired) electrons. The van der Waals surface area contributed by atoms with Crippen LogP contribution in [-0.4, -0.2) is 5.11 Å². The molecule has 0 spiro atoms. The highest BCUT2D eigenvalue weighted by atomic mass is 16.3. The van der Waals surface area contributed by atoms with E-state index in [2.05, 4.69) is 106 Å². The smallest absolute Gasteiger partial charge is 0.119 e. The molecule has 0 aromatic heterocycles. The van der Waals surface area contributed by atoms with Gasteiger partial charge in [0.05, 0.1) is 0 Å². The van der Waals surface area contributed by atoms with Gasteiger partial charge in [-0.15, -0.1) is 0 Å². The van der Waals surface area contributed by atoms with Crippen molar-refractivity contribution in [1.29, 1.82) is 0 Å². The van der Waals surface area contributed by atoms with Crippen molar-refractivity contribution in [3.8, 4) is 5.75 Å². The predicted molar refractivity (Wildman–Crippen MR) is 199 cm³/mol. The first kappa shape index (κ1) is 36.9. The zero-order valence-electron chi connectivity index (χ0n) is 30.8. The summed E-state index contributed by atoms with van der Waals surface area (Å²) in [5.74, 6) is 1.63. The minimum atomic E-state index is 0.204. The first-order valence-corrected chi connectivity index (χ1v) is 18.8. The number of phenols is 1. The van der Waals surface area contributed by atoms with Crippen LogP contribution in [-0.2, 0) is 38.5 Å². The van der Waals surface area contributed by atoms with E-state index in [1.165, 1.54) is 61.6 Å². The largest absolute Gasteiger partial charge is 0.508 e. The van der Waals surface area contributed by atoms with Crippen molar-refractivity contribution in [3.05, 3.63) is 98.1 Å². The molecule has 4 atom stereocenters. The summed E-state index contributed by atoms with van der Waals surface area (Å²) in [5.41, 5.74) is 15.0. The van der Waals surface area contributed by atoms with E-state index >= 15 is 0 Å². The molecule has 0 aliphatic heterocycles. The van der Waals surface area contributed by atoms with E-state index in [0.717, 1.165) is 37.7 Å². The molecule has 0 aliphatic rings. The number of rotatable bonds is 18. The monoisotopic (exact) mass is 611 g/mol. The minimum Gasteiger partial charge on any atom is -0.508 e. The van der Waals surface area contributed by atoms with Crippen molar-refractivity contribution in [1.82, 2.24) is 0 Å². The first-order valence-electron chi connectivity index (χ1n) is 18.8. The van der Waals surface area contributed by atoms with Crippen molar-refractivity contribution in [3.63, 3.8) is 0 Å². The summed E-state index contributed by atoms with van der Waals surface area (Å²) in [6, 6.07) is 16.0. The summed E-state index contributed by atoms with van der Waals surface area (Å²) in [4.78, 5) is 0. The maximum Gasteiger partial charge on any atom is 0.119 e. The summed E-state index contributed by atoms with van der Waals surface area (Å²) in [5, 5.41) is 11.5. The van der Waals surface area contributed by atoms with Gasteiger partial charge in [0.2, 0.25) is 0 Å². The molecule has 1 heteroatoms. The summed E-state index contributed by atoms with van der Waals surface area (Å²) < 4.78 is 0. The lowest BCUT2D eigenvalue weighted by atomic mass is 9.73. The van der Waals surface area contributed by atoms with Crippen LogP contribution in [0.25, 0.3) is 0 Å². The van der Waals surface area contributed by atoms with Gasteiger partial charge >= 0.3 is 0 Å². The Kier molecular flexibility index (Phi) is 14.7. The summed E-state index contributed by atoms with van der Waals surface area (Å²) >= 11 is 0. The van der Waals surface area contributed by atoms with E-state index in [1.807, 2.05) is 6.07 Å². The molecule has 3 aromatic carbocycles. The van der Waals surface area contributed by atoms with Crippen molar-refractivity contribution in [2.45, 2.75) is 170 Å². The van der Waals surface area contributed by atoms with Crippen LogP contribution in [0.3, 0.4) is 0 Å². The fourth-order valence-corrected chi connectivity index (χ4v) is 8.11. The Bertz CT molecular complexity index is 1350. The maximum atomic E-state index is 11.5. The first-order chi connectivity index (χ1) is 21.7. The highest BCUT2D eigenvalue weighted by Crippen LogP contribution is 2.46. The van der Waals surface area contributed by atoms with Gasteiger partial charge in [0.1, 0.15) is 5.75 Å². The standard InChI is InChI=1S/C44H66O/c1-11-18-34-26-28-36(41(22-15-5)39(34)20-13-3)30(7)31(8)38-24-17-25-43(45)44(38)33(10)32(9)37-29-27-35(19-12-2)40(21-14-4)42(37)23-16-6/h17,24-33,45H,11-16,18-23H2,1-10H3. The molecule has 0 aliphatic carbocycles. The van der Waals surface area contributed by atoms with Crippen molar-refractivity contribution >= 4 is 0 Å². The highest BCUT2D eigenvalue weighted by Gasteiger charge is 2.29. The number of aryl methyl sites for hydroxylation is 2. The normalized spacial score (nSPS) is 14.4. The van der Waals surface area contributed by atoms with Crippen LogP contribution < -0.4 is 0 Å². The van der Waals surface area contributed by atoms with E-state index in [1.54, 1.807) is 33.4 Å². The molecule has 1 N–H and O–H groups in total. The van der Waals surface area contributed by atoms with E-state index in [-0.39, 0.29) is 5.92 Å². The molecule has 1 nitrogen and oxygen atoms in total. The van der Waals surface area contributed by atoms with Crippen molar-refractivity contribution < 1.29 is 5.11 Å². The highest BCUT2D eigenvalue weighted by molar-refractivity contribution is 5.50. The molecule has 45 heavy (non-hydrogen) atoms. The van der Waals surface area contributed by atoms with E-state index in [0.29, 0.717) is 23.5 Å². The summed E-state index contributed by atoms with van der Waals surface area (Å²) in [6.45, 7) is 23.5. The van der Waals surface area contributed by atoms with Gasteiger partial charge in [-0.1, -0.05) is 144 Å². The fraction of sp³-hybridized carbons (Fsp3) is 0.591. The van der Waals surface area contributed by atoms with Crippen LogP contribution in [0.4, 0.5) is 0 Å². The predicted octanol–water partition coefficient (Wildman–Crippen LogP) is 12.9. The van der Waals surface area contributed by atoms with Crippen LogP contribution in [0.15, 0.2) is 42.5 Å². The molecular formula is C44H66O. The Balaban J connectivity index is 2.11. The van der Waals surface area contributed by atoms with Gasteiger partial charge in [-0.25, -0.2) is 0 Å². The molecule has 0 fully saturated rings. The second-order valence-corrected chi connectivity index (χ2v) is 14.0. The third-order valence-electron chi connectivity index (χ3n) is 10.7. The maximum absolute atomic E-state index is 11.5. The minimum absolute atomic E-state index is 0.204. The molecule has 248 valence electrons. The molecule has 0 saturated heterocycles. The Morgan fingerprint density at radius 2 is 0.800 bits per heavy atom. The molecule has 3 aromatic rings. The average Bonchev–Trinajstić information content (AvgIpc) is 3.03. The lowest BCUT2D eigenvalue weighted by Crippen LogP contribution is -2.16. The van der Waals surface area contributed by atoms with Gasteiger partial charge in [-0.2, -0.15) is 0 Å². The molecular weight excluding hydrogens is 544 g/mol. The van der Waals surface area contributed by atoms with Crippen LogP contribution >= 0.6 is 0 Å². The summed E-state index contributed by atoms with van der Waals surface area (Å²) in [6.07, 6.45) is 14.0. The number of hydrogen-bond donors (Lipinski definition) is 1. The van der Waals surface area contributed by atoms with Crippen LogP contribution in [0, 0.1) is 0 Å². The van der Waals surface area contributed by atoms with Gasteiger partial charge < -0.3 is 5.11 Å². The Morgan fingerprint density at radius 1 is 0.422 bits per heavy atom. The fourth-order valence-electron chi connectivity index (χ4n) is 8.11. The number of aromatic hydroxyl groups is 1. The molecule has 3 rings (SSSR count). The molecule has 0 heterocycles. The zero-order chi connectivity index (χ0) is 33.1. The second-order valence-electron chi connectivity index (χ2n) is 14.0. The van der Waals surface area contributed by atoms with Gasteiger partial charge in [0.15, 0.2) is 0 Å². The number of phenolic OH excluding ortho intramolecular Hbond substituents is 1. The SMILES string of the molecule is CCCc1ccc(C(C)C(C)c2cccc(O)c2C(C)C(C)c2ccc(CCC)c(CCC)c2CCC)c(CCC)c1CCC. The van der Waals surface area contributed by atoms with Crippen LogP contribution in [0.1, 0.15) is 187 Å². The number of hydrogen-bond acceptors (Lipinski definition) is 1. The zero-order valence-corrected chi connectivity index (χ0v) is 30.8. The molecule has 4 unspecified atom stereocenters. The number of benzene rings is 3. The van der Waals surface area contributed by atoms with Gasteiger partial charge in [-0.3, -0.25) is 0 Å². The quantitative estimate of drug-likeness (QED) is 0.152. The van der Waals surface area contributed by atoms with Crippen molar-refractivity contribution in [2.75, 3.05) is 0 Å². The van der Waals surface area contributed by atoms with Gasteiger partial charge in [0.25, 0.3) is 0 Å². The van der Waals surface area contributed by atoms with Gasteiger partial charge in [0, 0.05) is 5.56 Å². The topological polar surface area (TPSA) is 20.2 Å². The lowest BCUT2D eigenvalue weighted by Gasteiger charge is -2.32. The molecule has 0 amide bonds. The van der Waals surface area contributed by atoms with Crippen LogP contribution in [0.5, 0.6) is 5.75 Å². The van der Waals surface area contributed by atoms with E-state index < -0.39 is 0 Å².